The van der Waals surface area contributed by atoms with Crippen LogP contribution in [0.5, 0.6) is 0 Å². The predicted octanol–water partition coefficient (Wildman–Crippen LogP) is 2.28. The molecular formula is C9H15N3O2. The van der Waals surface area contributed by atoms with Gasteiger partial charge >= 0.3 is 5.97 Å². The van der Waals surface area contributed by atoms with Gasteiger partial charge in [0.2, 0.25) is 0 Å². The summed E-state index contributed by atoms with van der Waals surface area (Å²) in [5, 5.41) is 3.54. The molecule has 0 saturated heterocycles. The van der Waals surface area contributed by atoms with Gasteiger partial charge in [0.15, 0.2) is 0 Å². The minimum Gasteiger partial charge on any atom is -0.469 e. The van der Waals surface area contributed by atoms with E-state index in [0.717, 1.165) is 25.7 Å². The molecule has 0 N–H and O–H groups in total. The highest BCUT2D eigenvalue weighted by molar-refractivity contribution is 5.72. The highest BCUT2D eigenvalue weighted by Gasteiger charge is 2.30. The van der Waals surface area contributed by atoms with Crippen LogP contribution in [0.15, 0.2) is 5.11 Å². The van der Waals surface area contributed by atoms with Gasteiger partial charge in [-0.05, 0) is 24.3 Å². The molecule has 0 aromatic heterocycles. The molecule has 0 heterocycles. The largest absolute Gasteiger partial charge is 0.469 e. The van der Waals surface area contributed by atoms with E-state index in [0.29, 0.717) is 6.54 Å². The number of hydrogen-bond acceptors (Lipinski definition) is 3. The van der Waals surface area contributed by atoms with Gasteiger partial charge in [0.05, 0.1) is 13.0 Å². The van der Waals surface area contributed by atoms with Crippen molar-refractivity contribution >= 4 is 5.97 Å². The number of esters is 1. The van der Waals surface area contributed by atoms with Crippen molar-refractivity contribution in [2.45, 2.75) is 25.7 Å². The number of carbonyl (C=O) groups is 1. The zero-order valence-corrected chi connectivity index (χ0v) is 8.35. The van der Waals surface area contributed by atoms with Crippen LogP contribution in [0.1, 0.15) is 25.7 Å². The van der Waals surface area contributed by atoms with Gasteiger partial charge in [0, 0.05) is 11.5 Å². The number of ether oxygens (including phenoxy) is 1. The van der Waals surface area contributed by atoms with Crippen LogP contribution in [-0.4, -0.2) is 19.6 Å². The summed E-state index contributed by atoms with van der Waals surface area (Å²) in [5.41, 5.74) is 8.22. The van der Waals surface area contributed by atoms with Crippen LogP contribution in [-0.2, 0) is 9.53 Å². The van der Waals surface area contributed by atoms with Gasteiger partial charge < -0.3 is 4.74 Å². The molecule has 0 aliphatic heterocycles. The summed E-state index contributed by atoms with van der Waals surface area (Å²) in [6.45, 7) is 0.413. The Bertz CT molecular complexity index is 248. The van der Waals surface area contributed by atoms with Crippen molar-refractivity contribution in [3.63, 3.8) is 0 Å². The Balaban J connectivity index is 2.58. The van der Waals surface area contributed by atoms with E-state index in [1.54, 1.807) is 0 Å². The third-order valence-electron chi connectivity index (χ3n) is 2.79. The van der Waals surface area contributed by atoms with Crippen LogP contribution < -0.4 is 0 Å². The summed E-state index contributed by atoms with van der Waals surface area (Å²) >= 11 is 0. The topological polar surface area (TPSA) is 75.1 Å². The minimum absolute atomic E-state index is 0.0701. The molecule has 1 aliphatic rings. The first-order chi connectivity index (χ1) is 6.79. The van der Waals surface area contributed by atoms with E-state index in [4.69, 9.17) is 10.3 Å². The number of azide groups is 1. The molecule has 78 valence electrons. The second-order valence-corrected chi connectivity index (χ2v) is 3.59. The maximum absolute atomic E-state index is 11.4. The lowest BCUT2D eigenvalue weighted by Gasteiger charge is -2.28. The Labute approximate surface area is 83.1 Å². The van der Waals surface area contributed by atoms with E-state index in [1.165, 1.54) is 7.11 Å². The van der Waals surface area contributed by atoms with Crippen molar-refractivity contribution in [2.75, 3.05) is 13.7 Å². The standard InChI is InChI=1S/C9H15N3O2/c1-14-9(13)8-5-3-2-4-7(8)6-11-12-10/h7-8H,2-6H2,1H3/t7-,8?/m1/s1. The minimum atomic E-state index is -0.164. The third kappa shape index (κ3) is 2.64. The van der Waals surface area contributed by atoms with Crippen LogP contribution >= 0.6 is 0 Å². The van der Waals surface area contributed by atoms with Crippen molar-refractivity contribution < 1.29 is 9.53 Å². The van der Waals surface area contributed by atoms with Crippen LogP contribution in [0.4, 0.5) is 0 Å². The van der Waals surface area contributed by atoms with Gasteiger partial charge in [0.25, 0.3) is 0 Å². The molecule has 0 amide bonds. The Hall–Kier alpha value is -1.22. The molecule has 1 unspecified atom stereocenters. The molecule has 0 aromatic rings. The summed E-state index contributed by atoms with van der Waals surface area (Å²) < 4.78 is 4.73. The molecule has 2 atom stereocenters. The fourth-order valence-electron chi connectivity index (χ4n) is 2.03. The first kappa shape index (κ1) is 10.9. The summed E-state index contributed by atoms with van der Waals surface area (Å²) in [6, 6.07) is 0. The van der Waals surface area contributed by atoms with Crippen LogP contribution in [0.3, 0.4) is 0 Å². The average Bonchev–Trinajstić information content (AvgIpc) is 2.25. The smallest absolute Gasteiger partial charge is 0.308 e. The van der Waals surface area contributed by atoms with E-state index >= 15 is 0 Å². The van der Waals surface area contributed by atoms with Crippen molar-refractivity contribution in [3.05, 3.63) is 10.4 Å². The van der Waals surface area contributed by atoms with Gasteiger partial charge in [-0.1, -0.05) is 18.0 Å². The lowest BCUT2D eigenvalue weighted by Crippen LogP contribution is -2.29. The zero-order chi connectivity index (χ0) is 10.4. The molecule has 0 bridgehead atoms. The summed E-state index contributed by atoms with van der Waals surface area (Å²) in [7, 11) is 1.40. The number of carbonyl (C=O) groups excluding carboxylic acids is 1. The fourth-order valence-corrected chi connectivity index (χ4v) is 2.03. The maximum Gasteiger partial charge on any atom is 0.308 e. The lowest BCUT2D eigenvalue weighted by molar-refractivity contribution is -0.148. The number of nitrogens with zero attached hydrogens (tertiary/aromatic N) is 3. The molecule has 1 rings (SSSR count). The van der Waals surface area contributed by atoms with Gasteiger partial charge in [-0.3, -0.25) is 4.79 Å². The van der Waals surface area contributed by atoms with Crippen LogP contribution in [0.2, 0.25) is 0 Å². The Morgan fingerprint density at radius 1 is 1.57 bits per heavy atom. The van der Waals surface area contributed by atoms with Gasteiger partial charge in [0.1, 0.15) is 0 Å². The van der Waals surface area contributed by atoms with Gasteiger partial charge in [-0.2, -0.15) is 0 Å². The Morgan fingerprint density at radius 2 is 2.29 bits per heavy atom. The molecule has 1 aliphatic carbocycles. The fraction of sp³-hybridized carbons (Fsp3) is 0.889. The molecule has 1 saturated carbocycles. The molecule has 14 heavy (non-hydrogen) atoms. The molecular weight excluding hydrogens is 182 g/mol. The van der Waals surface area contributed by atoms with E-state index in [-0.39, 0.29) is 17.8 Å². The average molecular weight is 197 g/mol. The number of methoxy groups -OCH3 is 1. The lowest BCUT2D eigenvalue weighted by atomic mass is 9.79. The summed E-state index contributed by atoms with van der Waals surface area (Å²) in [5.74, 6) is -0.0609. The quantitative estimate of drug-likeness (QED) is 0.301. The number of hydrogen-bond donors (Lipinski definition) is 0. The van der Waals surface area contributed by atoms with Gasteiger partial charge in [-0.15, -0.1) is 0 Å². The molecule has 0 spiro atoms. The summed E-state index contributed by atoms with van der Waals surface area (Å²) in [6.07, 6.45) is 3.99. The molecule has 0 aromatic carbocycles. The Kier molecular flexibility index (Phi) is 4.26. The predicted molar refractivity (Wildman–Crippen MR) is 51.5 cm³/mol. The first-order valence-corrected chi connectivity index (χ1v) is 4.88. The summed E-state index contributed by atoms with van der Waals surface area (Å²) in [4.78, 5) is 14.1. The van der Waals surface area contributed by atoms with Crippen molar-refractivity contribution in [1.29, 1.82) is 0 Å². The molecule has 5 nitrogen and oxygen atoms in total. The van der Waals surface area contributed by atoms with Crippen LogP contribution in [0, 0.1) is 11.8 Å². The van der Waals surface area contributed by atoms with E-state index < -0.39 is 0 Å². The second-order valence-electron chi connectivity index (χ2n) is 3.59. The van der Waals surface area contributed by atoms with E-state index in [1.807, 2.05) is 0 Å². The van der Waals surface area contributed by atoms with E-state index in [9.17, 15) is 4.79 Å². The van der Waals surface area contributed by atoms with Crippen molar-refractivity contribution in [3.8, 4) is 0 Å². The number of rotatable bonds is 3. The monoisotopic (exact) mass is 197 g/mol. The molecule has 5 heteroatoms. The SMILES string of the molecule is COC(=O)C1CCCC[C@@H]1CN=[N+]=[N-]. The molecule has 1 fully saturated rings. The Morgan fingerprint density at radius 3 is 2.93 bits per heavy atom. The van der Waals surface area contributed by atoms with Gasteiger partial charge in [-0.25, -0.2) is 0 Å². The highest BCUT2D eigenvalue weighted by atomic mass is 16.5. The first-order valence-electron chi connectivity index (χ1n) is 4.88. The van der Waals surface area contributed by atoms with Crippen LogP contribution in [0.25, 0.3) is 10.4 Å². The van der Waals surface area contributed by atoms with E-state index in [2.05, 4.69) is 10.0 Å². The van der Waals surface area contributed by atoms with Crippen molar-refractivity contribution in [2.24, 2.45) is 17.0 Å². The highest BCUT2D eigenvalue weighted by Crippen LogP contribution is 2.31. The second kappa shape index (κ2) is 5.50. The normalized spacial score (nSPS) is 26.4. The maximum atomic E-state index is 11.4. The zero-order valence-electron chi connectivity index (χ0n) is 8.35. The van der Waals surface area contributed by atoms with Crippen molar-refractivity contribution in [1.82, 2.24) is 0 Å². The molecule has 0 radical (unpaired) electrons. The third-order valence-corrected chi connectivity index (χ3v) is 2.79.